The van der Waals surface area contributed by atoms with E-state index in [1.165, 1.54) is 7.11 Å². The van der Waals surface area contributed by atoms with Gasteiger partial charge in [-0.15, -0.1) is 0 Å². The van der Waals surface area contributed by atoms with E-state index in [1.807, 2.05) is 0 Å². The maximum absolute atomic E-state index is 11.3. The first-order valence-corrected chi connectivity index (χ1v) is 5.10. The molecular formula is C10H11BrO4. The van der Waals surface area contributed by atoms with Gasteiger partial charge in [0.15, 0.2) is 0 Å². The fourth-order valence-electron chi connectivity index (χ4n) is 1.05. The predicted octanol–water partition coefficient (Wildman–Crippen LogP) is 1.61. The van der Waals surface area contributed by atoms with E-state index in [0.29, 0.717) is 11.3 Å². The lowest BCUT2D eigenvalue weighted by Gasteiger charge is -2.09. The standard InChI is InChI=1S/C10H11BrO4/c1-14-10(13)8-3-2-7(11)6-9(8)15-5-4-12/h2-3,6,12H,4-5H2,1H3. The maximum atomic E-state index is 11.3. The molecule has 0 fully saturated rings. The van der Waals surface area contributed by atoms with Crippen molar-refractivity contribution in [1.29, 1.82) is 0 Å². The van der Waals surface area contributed by atoms with Crippen LogP contribution in [0.3, 0.4) is 0 Å². The van der Waals surface area contributed by atoms with Crippen LogP contribution in [0.15, 0.2) is 22.7 Å². The number of aliphatic hydroxyl groups is 1. The average Bonchev–Trinajstić information content (AvgIpc) is 2.25. The molecule has 0 heterocycles. The first-order valence-electron chi connectivity index (χ1n) is 4.30. The van der Waals surface area contributed by atoms with E-state index < -0.39 is 5.97 Å². The summed E-state index contributed by atoms with van der Waals surface area (Å²) < 4.78 is 10.6. The van der Waals surface area contributed by atoms with Crippen LogP contribution in [-0.4, -0.2) is 31.4 Å². The van der Waals surface area contributed by atoms with Gasteiger partial charge in [0.1, 0.15) is 17.9 Å². The van der Waals surface area contributed by atoms with Gasteiger partial charge in [-0.25, -0.2) is 4.79 Å². The number of hydrogen-bond donors (Lipinski definition) is 1. The van der Waals surface area contributed by atoms with Crippen molar-refractivity contribution in [2.45, 2.75) is 0 Å². The van der Waals surface area contributed by atoms with E-state index in [4.69, 9.17) is 9.84 Å². The molecule has 1 N–H and O–H groups in total. The molecule has 5 heteroatoms. The molecule has 0 aliphatic heterocycles. The molecule has 0 unspecified atom stereocenters. The largest absolute Gasteiger partial charge is 0.490 e. The molecule has 0 bridgehead atoms. The van der Waals surface area contributed by atoms with Gasteiger partial charge in [0.05, 0.1) is 13.7 Å². The van der Waals surface area contributed by atoms with Crippen LogP contribution in [0, 0.1) is 0 Å². The molecule has 0 saturated heterocycles. The van der Waals surface area contributed by atoms with Gasteiger partial charge in [-0.3, -0.25) is 0 Å². The molecule has 0 aliphatic rings. The summed E-state index contributed by atoms with van der Waals surface area (Å²) >= 11 is 3.26. The molecule has 82 valence electrons. The molecule has 0 aliphatic carbocycles. The Morgan fingerprint density at radius 2 is 2.27 bits per heavy atom. The van der Waals surface area contributed by atoms with Crippen molar-refractivity contribution in [1.82, 2.24) is 0 Å². The Labute approximate surface area is 95.9 Å². The van der Waals surface area contributed by atoms with Crippen LogP contribution in [0.5, 0.6) is 5.75 Å². The van der Waals surface area contributed by atoms with E-state index in [2.05, 4.69) is 20.7 Å². The Morgan fingerprint density at radius 1 is 1.53 bits per heavy atom. The van der Waals surface area contributed by atoms with Crippen molar-refractivity contribution in [3.8, 4) is 5.75 Å². The molecule has 1 rings (SSSR count). The van der Waals surface area contributed by atoms with Crippen molar-refractivity contribution < 1.29 is 19.4 Å². The van der Waals surface area contributed by atoms with E-state index >= 15 is 0 Å². The van der Waals surface area contributed by atoms with E-state index in [0.717, 1.165) is 4.47 Å². The van der Waals surface area contributed by atoms with Gasteiger partial charge in [0.25, 0.3) is 0 Å². The third-order valence-corrected chi connectivity index (χ3v) is 2.19. The number of ether oxygens (including phenoxy) is 2. The van der Waals surface area contributed by atoms with Crippen molar-refractivity contribution in [2.75, 3.05) is 20.3 Å². The molecule has 4 nitrogen and oxygen atoms in total. The number of benzene rings is 1. The third-order valence-electron chi connectivity index (χ3n) is 1.70. The van der Waals surface area contributed by atoms with Gasteiger partial charge in [-0.05, 0) is 18.2 Å². The molecule has 0 amide bonds. The lowest BCUT2D eigenvalue weighted by molar-refractivity contribution is 0.0594. The molecule has 15 heavy (non-hydrogen) atoms. The summed E-state index contributed by atoms with van der Waals surface area (Å²) in [6.07, 6.45) is 0. The smallest absolute Gasteiger partial charge is 0.341 e. The quantitative estimate of drug-likeness (QED) is 0.848. The van der Waals surface area contributed by atoms with E-state index in [1.54, 1.807) is 18.2 Å². The van der Waals surface area contributed by atoms with Gasteiger partial charge in [0.2, 0.25) is 0 Å². The van der Waals surface area contributed by atoms with Crippen molar-refractivity contribution in [2.24, 2.45) is 0 Å². The van der Waals surface area contributed by atoms with Crippen LogP contribution >= 0.6 is 15.9 Å². The molecule has 1 aromatic rings. The minimum Gasteiger partial charge on any atom is -0.490 e. The topological polar surface area (TPSA) is 55.8 Å². The van der Waals surface area contributed by atoms with Gasteiger partial charge >= 0.3 is 5.97 Å². The molecule has 0 aromatic heterocycles. The second-order valence-electron chi connectivity index (χ2n) is 2.70. The molecule has 0 radical (unpaired) electrons. The second kappa shape index (κ2) is 5.72. The predicted molar refractivity (Wildman–Crippen MR) is 58.1 cm³/mol. The van der Waals surface area contributed by atoms with Gasteiger partial charge < -0.3 is 14.6 Å². The summed E-state index contributed by atoms with van der Waals surface area (Å²) in [7, 11) is 1.31. The molecule has 0 saturated carbocycles. The van der Waals surface area contributed by atoms with Crippen LogP contribution < -0.4 is 4.74 Å². The summed E-state index contributed by atoms with van der Waals surface area (Å²) in [5.74, 6) is -0.0688. The number of halogens is 1. The highest BCUT2D eigenvalue weighted by molar-refractivity contribution is 9.10. The molecular weight excluding hydrogens is 264 g/mol. The Bertz CT molecular complexity index is 351. The average molecular weight is 275 g/mol. The lowest BCUT2D eigenvalue weighted by Crippen LogP contribution is -2.08. The third kappa shape index (κ3) is 3.21. The number of hydrogen-bond acceptors (Lipinski definition) is 4. The first kappa shape index (κ1) is 12.0. The first-order chi connectivity index (χ1) is 7.19. The monoisotopic (exact) mass is 274 g/mol. The van der Waals surface area contributed by atoms with Gasteiger partial charge in [-0.1, -0.05) is 15.9 Å². The minimum atomic E-state index is -0.463. The van der Waals surface area contributed by atoms with E-state index in [-0.39, 0.29) is 13.2 Å². The van der Waals surface area contributed by atoms with Crippen LogP contribution in [0.1, 0.15) is 10.4 Å². The zero-order valence-corrected chi connectivity index (χ0v) is 9.78. The number of carbonyl (C=O) groups excluding carboxylic acids is 1. The summed E-state index contributed by atoms with van der Waals surface area (Å²) in [5, 5.41) is 8.63. The molecule has 1 aromatic carbocycles. The van der Waals surface area contributed by atoms with Gasteiger partial charge in [0, 0.05) is 4.47 Å². The number of methoxy groups -OCH3 is 1. The van der Waals surface area contributed by atoms with Crippen LogP contribution in [-0.2, 0) is 4.74 Å². The summed E-state index contributed by atoms with van der Waals surface area (Å²) in [5.41, 5.74) is 0.342. The fraction of sp³-hybridized carbons (Fsp3) is 0.300. The zero-order chi connectivity index (χ0) is 11.3. The SMILES string of the molecule is COC(=O)c1ccc(Br)cc1OCCO. The van der Waals surface area contributed by atoms with Crippen molar-refractivity contribution >= 4 is 21.9 Å². The number of rotatable bonds is 4. The lowest BCUT2D eigenvalue weighted by atomic mass is 10.2. The fourth-order valence-corrected chi connectivity index (χ4v) is 1.39. The summed E-state index contributed by atoms with van der Waals surface area (Å²) in [6, 6.07) is 4.97. The van der Waals surface area contributed by atoms with Crippen LogP contribution in [0.4, 0.5) is 0 Å². The summed E-state index contributed by atoms with van der Waals surface area (Å²) in [4.78, 5) is 11.3. The highest BCUT2D eigenvalue weighted by Crippen LogP contribution is 2.24. The number of carbonyl (C=O) groups is 1. The van der Waals surface area contributed by atoms with Crippen molar-refractivity contribution in [3.05, 3.63) is 28.2 Å². The molecule has 0 spiro atoms. The highest BCUT2D eigenvalue weighted by atomic mass is 79.9. The minimum absolute atomic E-state index is 0.104. The number of esters is 1. The van der Waals surface area contributed by atoms with Crippen LogP contribution in [0.2, 0.25) is 0 Å². The number of aliphatic hydroxyl groups excluding tert-OH is 1. The maximum Gasteiger partial charge on any atom is 0.341 e. The zero-order valence-electron chi connectivity index (χ0n) is 8.20. The molecule has 0 atom stereocenters. The van der Waals surface area contributed by atoms with Crippen molar-refractivity contribution in [3.63, 3.8) is 0 Å². The van der Waals surface area contributed by atoms with Gasteiger partial charge in [-0.2, -0.15) is 0 Å². The Morgan fingerprint density at radius 3 is 2.87 bits per heavy atom. The second-order valence-corrected chi connectivity index (χ2v) is 3.62. The normalized spacial score (nSPS) is 9.80. The Balaban J connectivity index is 2.97. The highest BCUT2D eigenvalue weighted by Gasteiger charge is 2.12. The summed E-state index contributed by atoms with van der Waals surface area (Å²) in [6.45, 7) is 0.0353. The van der Waals surface area contributed by atoms with E-state index in [9.17, 15) is 4.79 Å². The van der Waals surface area contributed by atoms with Crippen LogP contribution in [0.25, 0.3) is 0 Å². The Hall–Kier alpha value is -1.07. The Kier molecular flexibility index (Phi) is 4.58.